The second kappa shape index (κ2) is 7.25. The molecular weight excluding hydrogens is 276 g/mol. The molecule has 1 atom stereocenters. The van der Waals surface area contributed by atoms with E-state index in [-0.39, 0.29) is 12.5 Å². The quantitative estimate of drug-likeness (QED) is 0.907. The summed E-state index contributed by atoms with van der Waals surface area (Å²) in [6.45, 7) is 2.95. The zero-order chi connectivity index (χ0) is 15.4. The number of fused-ring (bicyclic) bond motifs is 1. The summed E-state index contributed by atoms with van der Waals surface area (Å²) in [7, 11) is 0. The molecule has 2 aliphatic rings. The average molecular weight is 302 g/mol. The zero-order valence-electron chi connectivity index (χ0n) is 13.2. The maximum Gasteiger partial charge on any atom is 0.228 e. The van der Waals surface area contributed by atoms with Crippen molar-refractivity contribution < 1.29 is 9.90 Å². The third kappa shape index (κ3) is 3.33. The fourth-order valence-electron chi connectivity index (χ4n) is 3.80. The van der Waals surface area contributed by atoms with Crippen LogP contribution in [0.1, 0.15) is 37.7 Å². The topological polar surface area (TPSA) is 43.8 Å². The number of nitrogens with zero attached hydrogens (tertiary/aromatic N) is 2. The first-order chi connectivity index (χ1) is 10.8. The maximum atomic E-state index is 12.6. The van der Waals surface area contributed by atoms with E-state index in [1.54, 1.807) is 0 Å². The number of benzene rings is 1. The van der Waals surface area contributed by atoms with Gasteiger partial charge in [0.1, 0.15) is 0 Å². The Bertz CT molecular complexity index is 516. The minimum Gasteiger partial charge on any atom is -0.396 e. The van der Waals surface area contributed by atoms with Gasteiger partial charge in [0, 0.05) is 37.8 Å². The first-order valence-electron chi connectivity index (χ1n) is 8.53. The van der Waals surface area contributed by atoms with Crippen LogP contribution in [-0.2, 0) is 11.2 Å². The molecule has 1 aromatic carbocycles. The SMILES string of the molecule is O=C(CCN1CCCC[C@H]1CCO)N1CCc2ccccc21. The van der Waals surface area contributed by atoms with Crippen molar-refractivity contribution in [3.63, 3.8) is 0 Å². The Morgan fingerprint density at radius 1 is 1.23 bits per heavy atom. The second-order valence-electron chi connectivity index (χ2n) is 6.37. The van der Waals surface area contributed by atoms with Crippen LogP contribution in [0.3, 0.4) is 0 Å². The van der Waals surface area contributed by atoms with E-state index in [0.29, 0.717) is 12.5 Å². The van der Waals surface area contributed by atoms with Crippen molar-refractivity contribution in [2.75, 3.05) is 31.1 Å². The van der Waals surface area contributed by atoms with Crippen molar-refractivity contribution in [3.05, 3.63) is 29.8 Å². The maximum absolute atomic E-state index is 12.6. The molecule has 3 rings (SSSR count). The third-order valence-corrected chi connectivity index (χ3v) is 5.01. The van der Waals surface area contributed by atoms with Gasteiger partial charge in [-0.3, -0.25) is 9.69 Å². The first-order valence-corrected chi connectivity index (χ1v) is 8.53. The fourth-order valence-corrected chi connectivity index (χ4v) is 3.80. The number of hydrogen-bond acceptors (Lipinski definition) is 3. The van der Waals surface area contributed by atoms with Crippen LogP contribution in [0.25, 0.3) is 0 Å². The van der Waals surface area contributed by atoms with Gasteiger partial charge in [-0.1, -0.05) is 24.6 Å². The van der Waals surface area contributed by atoms with Crippen LogP contribution in [0.4, 0.5) is 5.69 Å². The largest absolute Gasteiger partial charge is 0.396 e. The lowest BCUT2D eigenvalue weighted by molar-refractivity contribution is -0.119. The molecule has 0 radical (unpaired) electrons. The number of carbonyl (C=O) groups excluding carboxylic acids is 1. The molecule has 4 nitrogen and oxygen atoms in total. The summed E-state index contributed by atoms with van der Waals surface area (Å²) in [5.74, 6) is 0.235. The van der Waals surface area contributed by atoms with Crippen LogP contribution in [0.5, 0.6) is 0 Å². The molecule has 0 saturated carbocycles. The molecule has 4 heteroatoms. The molecular formula is C18H26N2O2. The molecule has 0 unspecified atom stereocenters. The van der Waals surface area contributed by atoms with Crippen molar-refractivity contribution in [1.29, 1.82) is 0 Å². The molecule has 0 bridgehead atoms. The van der Waals surface area contributed by atoms with Crippen LogP contribution in [0.15, 0.2) is 24.3 Å². The molecule has 1 aromatic rings. The van der Waals surface area contributed by atoms with Crippen molar-refractivity contribution in [2.24, 2.45) is 0 Å². The number of piperidine rings is 1. The Morgan fingerprint density at radius 3 is 2.95 bits per heavy atom. The predicted molar refractivity (Wildman–Crippen MR) is 88.0 cm³/mol. The van der Waals surface area contributed by atoms with E-state index in [1.807, 2.05) is 17.0 Å². The molecule has 1 N–H and O–H groups in total. The van der Waals surface area contributed by atoms with Gasteiger partial charge in [0.05, 0.1) is 0 Å². The molecule has 1 saturated heterocycles. The van der Waals surface area contributed by atoms with E-state index in [1.165, 1.54) is 18.4 Å². The number of anilines is 1. The molecule has 2 aliphatic heterocycles. The van der Waals surface area contributed by atoms with Gasteiger partial charge in [0.2, 0.25) is 5.91 Å². The Morgan fingerprint density at radius 2 is 2.09 bits per heavy atom. The standard InChI is InChI=1S/C18H26N2O2/c21-14-10-16-6-3-4-11-19(16)12-9-18(22)20-13-8-15-5-1-2-7-17(15)20/h1-2,5,7,16,21H,3-4,6,8-14H2/t16-/m0/s1. The second-order valence-corrected chi connectivity index (χ2v) is 6.37. The minimum atomic E-state index is 0.235. The number of rotatable bonds is 5. The van der Waals surface area contributed by atoms with Gasteiger partial charge in [-0.05, 0) is 43.9 Å². The highest BCUT2D eigenvalue weighted by Gasteiger charge is 2.26. The average Bonchev–Trinajstić information content (AvgIpc) is 2.98. The van der Waals surface area contributed by atoms with E-state index in [4.69, 9.17) is 0 Å². The minimum absolute atomic E-state index is 0.235. The van der Waals surface area contributed by atoms with Gasteiger partial charge in [0.25, 0.3) is 0 Å². The van der Waals surface area contributed by atoms with Crippen LogP contribution < -0.4 is 4.90 Å². The highest BCUT2D eigenvalue weighted by Crippen LogP contribution is 2.28. The third-order valence-electron chi connectivity index (χ3n) is 5.01. The zero-order valence-corrected chi connectivity index (χ0v) is 13.2. The summed E-state index contributed by atoms with van der Waals surface area (Å²) in [6, 6.07) is 8.67. The van der Waals surface area contributed by atoms with Crippen molar-refractivity contribution in [1.82, 2.24) is 4.90 Å². The highest BCUT2D eigenvalue weighted by molar-refractivity contribution is 5.95. The summed E-state index contributed by atoms with van der Waals surface area (Å²) >= 11 is 0. The Hall–Kier alpha value is -1.39. The van der Waals surface area contributed by atoms with Crippen LogP contribution in [-0.4, -0.2) is 48.2 Å². The van der Waals surface area contributed by atoms with Gasteiger partial charge in [0.15, 0.2) is 0 Å². The van der Waals surface area contributed by atoms with Gasteiger partial charge in [-0.25, -0.2) is 0 Å². The van der Waals surface area contributed by atoms with Crippen molar-refractivity contribution >= 4 is 11.6 Å². The first kappa shape index (κ1) is 15.5. The summed E-state index contributed by atoms with van der Waals surface area (Å²) < 4.78 is 0. The lowest BCUT2D eigenvalue weighted by Gasteiger charge is -2.35. The number of carbonyl (C=O) groups is 1. The highest BCUT2D eigenvalue weighted by atomic mass is 16.3. The normalized spacial score (nSPS) is 21.9. The molecule has 2 heterocycles. The van der Waals surface area contributed by atoms with E-state index in [9.17, 15) is 9.90 Å². The Kier molecular flexibility index (Phi) is 5.11. The number of aliphatic hydroxyl groups excluding tert-OH is 1. The molecule has 22 heavy (non-hydrogen) atoms. The molecule has 0 aliphatic carbocycles. The van der Waals surface area contributed by atoms with Gasteiger partial charge >= 0.3 is 0 Å². The number of aliphatic hydroxyl groups is 1. The van der Waals surface area contributed by atoms with Gasteiger partial charge in [-0.15, -0.1) is 0 Å². The van der Waals surface area contributed by atoms with Crippen molar-refractivity contribution in [3.8, 4) is 0 Å². The number of amides is 1. The van der Waals surface area contributed by atoms with E-state index in [0.717, 1.165) is 44.6 Å². The van der Waals surface area contributed by atoms with Crippen LogP contribution in [0, 0.1) is 0 Å². The lowest BCUT2D eigenvalue weighted by atomic mass is 9.99. The molecule has 120 valence electrons. The molecule has 1 fully saturated rings. The number of likely N-dealkylation sites (tertiary alicyclic amines) is 1. The Balaban J connectivity index is 1.56. The number of para-hydroxylation sites is 1. The fraction of sp³-hybridized carbons (Fsp3) is 0.611. The number of hydrogen-bond donors (Lipinski definition) is 1. The van der Waals surface area contributed by atoms with Crippen LogP contribution in [0.2, 0.25) is 0 Å². The summed E-state index contributed by atoms with van der Waals surface area (Å²) in [5, 5.41) is 9.19. The summed E-state index contributed by atoms with van der Waals surface area (Å²) in [6.07, 6.45) is 5.99. The van der Waals surface area contributed by atoms with Gasteiger partial charge in [-0.2, -0.15) is 0 Å². The van der Waals surface area contributed by atoms with Crippen molar-refractivity contribution in [2.45, 2.75) is 44.6 Å². The monoisotopic (exact) mass is 302 g/mol. The predicted octanol–water partition coefficient (Wildman–Crippen LogP) is 2.20. The van der Waals surface area contributed by atoms with E-state index < -0.39 is 0 Å². The molecule has 0 spiro atoms. The Labute approximate surface area is 132 Å². The lowest BCUT2D eigenvalue weighted by Crippen LogP contribution is -2.42. The smallest absolute Gasteiger partial charge is 0.228 e. The summed E-state index contributed by atoms with van der Waals surface area (Å²) in [4.78, 5) is 16.9. The van der Waals surface area contributed by atoms with Gasteiger partial charge < -0.3 is 10.0 Å². The molecule has 1 amide bonds. The summed E-state index contributed by atoms with van der Waals surface area (Å²) in [5.41, 5.74) is 2.38. The van der Waals surface area contributed by atoms with E-state index >= 15 is 0 Å². The van der Waals surface area contributed by atoms with E-state index in [2.05, 4.69) is 17.0 Å². The molecule has 0 aromatic heterocycles. The van der Waals surface area contributed by atoms with Crippen LogP contribution >= 0.6 is 0 Å².